The molecule has 0 spiro atoms. The van der Waals surface area contributed by atoms with Crippen LogP contribution in [0.5, 0.6) is 0 Å². The number of nitrogens with zero attached hydrogens (tertiary/aromatic N) is 2. The maximum atomic E-state index is 13.4. The first-order chi connectivity index (χ1) is 13.5. The molecule has 0 saturated carbocycles. The fraction of sp³-hybridized carbons (Fsp3) is 0.278. The van der Waals surface area contributed by atoms with Crippen molar-refractivity contribution in [2.45, 2.75) is 19.1 Å². The smallest absolute Gasteiger partial charge is 0.330 e. The molecule has 29 heavy (non-hydrogen) atoms. The van der Waals surface area contributed by atoms with Crippen molar-refractivity contribution in [3.05, 3.63) is 52.1 Å². The van der Waals surface area contributed by atoms with Crippen molar-refractivity contribution in [1.82, 2.24) is 9.88 Å². The summed E-state index contributed by atoms with van der Waals surface area (Å²) in [6.07, 6.45) is -4.51. The van der Waals surface area contributed by atoms with Gasteiger partial charge < -0.3 is 9.88 Å². The number of rotatable bonds is 6. The Hall–Kier alpha value is -2.90. The van der Waals surface area contributed by atoms with Crippen LogP contribution in [0.2, 0.25) is 5.15 Å². The first-order valence-corrected chi connectivity index (χ1v) is 8.53. The Kier molecular flexibility index (Phi) is 6.66. The first kappa shape index (κ1) is 22.4. The zero-order valence-electron chi connectivity index (χ0n) is 15.2. The largest absolute Gasteiger partial charge is 0.403 e. The van der Waals surface area contributed by atoms with Gasteiger partial charge in [-0.3, -0.25) is 14.9 Å². The lowest BCUT2D eigenvalue weighted by Crippen LogP contribution is -2.42. The van der Waals surface area contributed by atoms with Gasteiger partial charge in [-0.15, -0.1) is 0 Å². The van der Waals surface area contributed by atoms with Crippen LogP contribution >= 0.6 is 11.6 Å². The number of ketones is 1. The molecular weight excluding hydrogens is 416 g/mol. The van der Waals surface area contributed by atoms with E-state index >= 15 is 0 Å². The van der Waals surface area contributed by atoms with Gasteiger partial charge in [0.15, 0.2) is 5.78 Å². The van der Waals surface area contributed by atoms with E-state index in [1.54, 1.807) is 6.07 Å². The van der Waals surface area contributed by atoms with Gasteiger partial charge >= 0.3 is 6.18 Å². The fourth-order valence-electron chi connectivity index (χ4n) is 2.33. The fourth-order valence-corrected chi connectivity index (χ4v) is 2.58. The summed E-state index contributed by atoms with van der Waals surface area (Å²) >= 11 is 6.05. The average molecular weight is 431 g/mol. The first-order valence-electron chi connectivity index (χ1n) is 8.15. The van der Waals surface area contributed by atoms with Crippen LogP contribution in [0, 0.1) is 17.1 Å². The van der Waals surface area contributed by atoms with Crippen LogP contribution in [0.1, 0.15) is 33.3 Å². The number of alkyl halides is 3. The number of halogens is 5. The topological polar surface area (TPSA) is 86.9 Å². The van der Waals surface area contributed by atoms with Crippen LogP contribution < -0.4 is 10.6 Å². The molecule has 0 aliphatic carbocycles. The van der Waals surface area contributed by atoms with E-state index < -0.39 is 36.3 Å². The summed E-state index contributed by atoms with van der Waals surface area (Å²) in [6.45, 7) is 0.242. The van der Waals surface area contributed by atoms with E-state index in [4.69, 9.17) is 16.9 Å². The molecule has 154 valence electrons. The number of amides is 1. The van der Waals surface area contributed by atoms with Crippen molar-refractivity contribution >= 4 is 29.0 Å². The zero-order valence-corrected chi connectivity index (χ0v) is 16.0. The third-order valence-corrected chi connectivity index (χ3v) is 4.55. The minimum Gasteiger partial charge on any atom is -0.330 e. The van der Waals surface area contributed by atoms with Crippen LogP contribution in [0.4, 0.5) is 23.2 Å². The van der Waals surface area contributed by atoms with Gasteiger partial charge in [0.05, 0.1) is 17.7 Å². The molecule has 0 aliphatic heterocycles. The second-order valence-corrected chi connectivity index (χ2v) is 6.48. The molecule has 1 amide bonds. The van der Waals surface area contributed by atoms with E-state index in [2.05, 4.69) is 10.6 Å². The normalized spacial score (nSPS) is 12.3. The van der Waals surface area contributed by atoms with Crippen molar-refractivity contribution < 1.29 is 27.2 Å². The SMILES string of the molecule is C[C@H](NCC(=O)c1cc(C(=O)Nc2ccc(F)c(C#N)c2)n(C)c1Cl)C(F)(F)F. The summed E-state index contributed by atoms with van der Waals surface area (Å²) in [4.78, 5) is 24.7. The van der Waals surface area contributed by atoms with Crippen molar-refractivity contribution in [2.75, 3.05) is 11.9 Å². The van der Waals surface area contributed by atoms with Gasteiger partial charge in [0.1, 0.15) is 28.8 Å². The van der Waals surface area contributed by atoms with Crippen molar-refractivity contribution in [2.24, 2.45) is 7.05 Å². The Morgan fingerprint density at radius 1 is 1.31 bits per heavy atom. The maximum Gasteiger partial charge on any atom is 0.403 e. The highest BCUT2D eigenvalue weighted by Gasteiger charge is 2.36. The van der Waals surface area contributed by atoms with Gasteiger partial charge in [-0.05, 0) is 31.2 Å². The maximum absolute atomic E-state index is 13.4. The molecule has 1 aromatic carbocycles. The van der Waals surface area contributed by atoms with Gasteiger partial charge in [-0.2, -0.15) is 18.4 Å². The highest BCUT2D eigenvalue weighted by atomic mass is 35.5. The number of aromatic nitrogens is 1. The monoisotopic (exact) mass is 430 g/mol. The van der Waals surface area contributed by atoms with E-state index in [0.717, 1.165) is 25.1 Å². The Balaban J connectivity index is 2.18. The van der Waals surface area contributed by atoms with E-state index in [0.29, 0.717) is 0 Å². The van der Waals surface area contributed by atoms with Crippen LogP contribution in [-0.4, -0.2) is 35.0 Å². The van der Waals surface area contributed by atoms with Crippen LogP contribution in [-0.2, 0) is 7.05 Å². The number of Topliss-reactive ketones (excluding diaryl/α,β-unsaturated/α-hetero) is 1. The number of hydrogen-bond acceptors (Lipinski definition) is 4. The third-order valence-electron chi connectivity index (χ3n) is 4.10. The number of hydrogen-bond donors (Lipinski definition) is 2. The van der Waals surface area contributed by atoms with Gasteiger partial charge in [0.2, 0.25) is 0 Å². The molecule has 11 heteroatoms. The summed E-state index contributed by atoms with van der Waals surface area (Å²) in [5, 5.41) is 13.2. The van der Waals surface area contributed by atoms with Crippen LogP contribution in [0.3, 0.4) is 0 Å². The Morgan fingerprint density at radius 2 is 1.97 bits per heavy atom. The molecule has 0 fully saturated rings. The highest BCUT2D eigenvalue weighted by molar-refractivity contribution is 6.33. The molecule has 6 nitrogen and oxygen atoms in total. The van der Waals surface area contributed by atoms with E-state index in [1.165, 1.54) is 17.7 Å². The molecule has 1 atom stereocenters. The van der Waals surface area contributed by atoms with Crippen molar-refractivity contribution in [1.29, 1.82) is 5.26 Å². The number of nitrogens with one attached hydrogen (secondary N) is 2. The Bertz CT molecular complexity index is 995. The van der Waals surface area contributed by atoms with E-state index in [1.807, 2.05) is 0 Å². The molecule has 0 saturated heterocycles. The molecule has 0 unspecified atom stereocenters. The van der Waals surface area contributed by atoms with Crippen molar-refractivity contribution in [3.63, 3.8) is 0 Å². The highest BCUT2D eigenvalue weighted by Crippen LogP contribution is 2.23. The summed E-state index contributed by atoms with van der Waals surface area (Å²) in [5.41, 5.74) is -0.310. The second-order valence-electron chi connectivity index (χ2n) is 6.12. The van der Waals surface area contributed by atoms with Gasteiger partial charge in [0.25, 0.3) is 5.91 Å². The lowest BCUT2D eigenvalue weighted by Gasteiger charge is -2.16. The van der Waals surface area contributed by atoms with Gasteiger partial charge in [0, 0.05) is 12.7 Å². The third kappa shape index (κ3) is 5.13. The Labute approximate surface area is 168 Å². The number of benzene rings is 1. The predicted molar refractivity (Wildman–Crippen MR) is 97.3 cm³/mol. The molecular formula is C18H15ClF4N4O2. The minimum atomic E-state index is -4.51. The second kappa shape index (κ2) is 8.63. The van der Waals surface area contributed by atoms with Crippen molar-refractivity contribution in [3.8, 4) is 6.07 Å². The van der Waals surface area contributed by atoms with Gasteiger partial charge in [-0.1, -0.05) is 11.6 Å². The molecule has 2 aromatic rings. The standard InChI is InChI=1S/C18H15ClF4N4O2/c1-9(18(21,22)23)25-8-15(28)12-6-14(27(2)16(12)19)17(29)26-11-3-4-13(20)10(5-11)7-24/h3-6,9,25H,8H2,1-2H3,(H,26,29)/t9-/m0/s1. The number of nitriles is 1. The number of carbonyl (C=O) groups excluding carboxylic acids is 2. The van der Waals surface area contributed by atoms with Crippen LogP contribution in [0.25, 0.3) is 0 Å². The quantitative estimate of drug-likeness (QED) is 0.541. The average Bonchev–Trinajstić information content (AvgIpc) is 2.95. The number of anilines is 1. The molecule has 0 bridgehead atoms. The summed E-state index contributed by atoms with van der Waals surface area (Å²) in [7, 11) is 1.39. The molecule has 2 rings (SSSR count). The lowest BCUT2D eigenvalue weighted by atomic mass is 10.2. The molecule has 0 aliphatic rings. The lowest BCUT2D eigenvalue weighted by molar-refractivity contribution is -0.150. The molecule has 1 heterocycles. The summed E-state index contributed by atoms with van der Waals surface area (Å²) < 4.78 is 52.2. The molecule has 1 aromatic heterocycles. The summed E-state index contributed by atoms with van der Waals surface area (Å²) in [5.74, 6) is -2.18. The Morgan fingerprint density at radius 3 is 2.55 bits per heavy atom. The zero-order chi connectivity index (χ0) is 21.9. The predicted octanol–water partition coefficient (Wildman–Crippen LogP) is 3.66. The van der Waals surface area contributed by atoms with Crippen LogP contribution in [0.15, 0.2) is 24.3 Å². The van der Waals surface area contributed by atoms with Gasteiger partial charge in [-0.25, -0.2) is 4.39 Å². The van der Waals surface area contributed by atoms with E-state index in [-0.39, 0.29) is 27.7 Å². The minimum absolute atomic E-state index is 0.0509. The molecule has 0 radical (unpaired) electrons. The summed E-state index contributed by atoms with van der Waals surface area (Å²) in [6, 6.07) is 4.27. The molecule has 2 N–H and O–H groups in total. The number of carbonyl (C=O) groups is 2. The van der Waals surface area contributed by atoms with E-state index in [9.17, 15) is 27.2 Å².